The highest BCUT2D eigenvalue weighted by Crippen LogP contribution is 2.20. The van der Waals surface area contributed by atoms with Crippen molar-refractivity contribution in [1.29, 1.82) is 0 Å². The lowest BCUT2D eigenvalue weighted by Gasteiger charge is -2.13. The molecule has 0 aliphatic carbocycles. The van der Waals surface area contributed by atoms with Gasteiger partial charge >= 0.3 is 12.1 Å². The van der Waals surface area contributed by atoms with E-state index in [9.17, 15) is 22.8 Å². The van der Waals surface area contributed by atoms with Crippen molar-refractivity contribution < 1.29 is 22.8 Å². The van der Waals surface area contributed by atoms with Crippen LogP contribution in [-0.2, 0) is 11.3 Å². The van der Waals surface area contributed by atoms with Gasteiger partial charge in [0, 0.05) is 17.1 Å². The van der Waals surface area contributed by atoms with Crippen LogP contribution in [0.1, 0.15) is 15.9 Å². The van der Waals surface area contributed by atoms with Crippen molar-refractivity contribution in [3.8, 4) is 0 Å². The number of para-hydroxylation sites is 1. The fourth-order valence-corrected chi connectivity index (χ4v) is 2.19. The lowest BCUT2D eigenvalue weighted by Crippen LogP contribution is -2.36. The molecule has 2 amide bonds. The molecule has 2 aromatic rings. The number of hydrogen-bond donors (Lipinski definition) is 3. The Labute approximate surface area is 141 Å². The Morgan fingerprint density at radius 2 is 1.62 bits per heavy atom. The van der Waals surface area contributed by atoms with Crippen molar-refractivity contribution in [2.45, 2.75) is 17.6 Å². The fourth-order valence-electron chi connectivity index (χ4n) is 1.93. The van der Waals surface area contributed by atoms with Gasteiger partial charge in [0.2, 0.25) is 0 Å². The Hall–Kier alpha value is -2.48. The molecule has 0 spiro atoms. The number of benzene rings is 2. The molecule has 126 valence electrons. The van der Waals surface area contributed by atoms with Gasteiger partial charge in [-0.15, -0.1) is 12.6 Å². The van der Waals surface area contributed by atoms with Crippen LogP contribution >= 0.6 is 12.6 Å². The zero-order valence-corrected chi connectivity index (χ0v) is 13.1. The standard InChI is InChI=1S/C16H13F3N2O2S/c17-16(18,19)15(23)20-9-10-5-1-3-7-12(10)21-14(22)11-6-2-4-8-13(11)24/h1-8,24H,9H2,(H,20,23)(H,21,22). The first kappa shape index (κ1) is 17.9. The number of hydrogen-bond acceptors (Lipinski definition) is 3. The van der Waals surface area contributed by atoms with Gasteiger partial charge in [-0.2, -0.15) is 13.2 Å². The van der Waals surface area contributed by atoms with E-state index >= 15 is 0 Å². The Balaban J connectivity index is 2.13. The predicted octanol–water partition coefficient (Wildman–Crippen LogP) is 3.41. The molecule has 0 aliphatic heterocycles. The van der Waals surface area contributed by atoms with Gasteiger partial charge in [-0.05, 0) is 23.8 Å². The lowest BCUT2D eigenvalue weighted by molar-refractivity contribution is -0.173. The lowest BCUT2D eigenvalue weighted by atomic mass is 10.1. The van der Waals surface area contributed by atoms with Gasteiger partial charge in [0.1, 0.15) is 0 Å². The average Bonchev–Trinajstić information content (AvgIpc) is 2.53. The zero-order valence-electron chi connectivity index (χ0n) is 12.2. The summed E-state index contributed by atoms with van der Waals surface area (Å²) in [5, 5.41) is 4.38. The molecular formula is C16H13F3N2O2S. The van der Waals surface area contributed by atoms with E-state index in [1.807, 2.05) is 0 Å². The third kappa shape index (κ3) is 4.51. The molecule has 4 nitrogen and oxygen atoms in total. The molecule has 0 unspecified atom stereocenters. The molecule has 0 saturated heterocycles. The molecule has 0 atom stereocenters. The summed E-state index contributed by atoms with van der Waals surface area (Å²) < 4.78 is 36.7. The van der Waals surface area contributed by atoms with E-state index < -0.39 is 18.0 Å². The third-order valence-electron chi connectivity index (χ3n) is 3.11. The van der Waals surface area contributed by atoms with Crippen LogP contribution in [0.3, 0.4) is 0 Å². The summed E-state index contributed by atoms with van der Waals surface area (Å²) in [6, 6.07) is 12.9. The second-order valence-electron chi connectivity index (χ2n) is 4.81. The quantitative estimate of drug-likeness (QED) is 0.737. The SMILES string of the molecule is O=C(Nc1ccccc1CNC(=O)C(F)(F)F)c1ccccc1S. The number of anilines is 1. The first-order valence-corrected chi connectivity index (χ1v) is 7.26. The Morgan fingerprint density at radius 1 is 1.00 bits per heavy atom. The van der Waals surface area contributed by atoms with Crippen LogP contribution in [-0.4, -0.2) is 18.0 Å². The Bertz CT molecular complexity index is 763. The zero-order chi connectivity index (χ0) is 17.7. The van der Waals surface area contributed by atoms with E-state index in [1.165, 1.54) is 12.1 Å². The Kier molecular flexibility index (Phi) is 5.50. The molecule has 0 radical (unpaired) electrons. The first-order chi connectivity index (χ1) is 11.3. The van der Waals surface area contributed by atoms with Crippen LogP contribution in [0.5, 0.6) is 0 Å². The van der Waals surface area contributed by atoms with Crippen LogP contribution in [0.15, 0.2) is 53.4 Å². The Morgan fingerprint density at radius 3 is 2.29 bits per heavy atom. The number of amides is 2. The molecule has 0 fully saturated rings. The van der Waals surface area contributed by atoms with E-state index in [0.29, 0.717) is 21.7 Å². The van der Waals surface area contributed by atoms with E-state index in [4.69, 9.17) is 0 Å². The van der Waals surface area contributed by atoms with E-state index in [0.717, 1.165) is 0 Å². The maximum Gasteiger partial charge on any atom is 0.471 e. The second kappa shape index (κ2) is 7.39. The minimum Gasteiger partial charge on any atom is -0.344 e. The van der Waals surface area contributed by atoms with Gasteiger partial charge in [0.15, 0.2) is 0 Å². The molecule has 2 N–H and O–H groups in total. The maximum absolute atomic E-state index is 12.3. The summed E-state index contributed by atoms with van der Waals surface area (Å²) in [6.45, 7) is -0.364. The topological polar surface area (TPSA) is 58.2 Å². The molecule has 0 heterocycles. The highest BCUT2D eigenvalue weighted by molar-refractivity contribution is 7.80. The molecule has 24 heavy (non-hydrogen) atoms. The van der Waals surface area contributed by atoms with Gasteiger partial charge in [-0.3, -0.25) is 9.59 Å². The van der Waals surface area contributed by atoms with Gasteiger partial charge in [-0.25, -0.2) is 0 Å². The van der Waals surface area contributed by atoms with Crippen LogP contribution in [0, 0.1) is 0 Å². The van der Waals surface area contributed by atoms with Crippen molar-refractivity contribution >= 4 is 30.1 Å². The van der Waals surface area contributed by atoms with E-state index in [1.54, 1.807) is 41.7 Å². The molecule has 0 aromatic heterocycles. The van der Waals surface area contributed by atoms with Gasteiger partial charge in [-0.1, -0.05) is 30.3 Å². The van der Waals surface area contributed by atoms with Crippen molar-refractivity contribution in [2.24, 2.45) is 0 Å². The number of carbonyl (C=O) groups excluding carboxylic acids is 2. The molecule has 0 bridgehead atoms. The smallest absolute Gasteiger partial charge is 0.344 e. The molecule has 8 heteroatoms. The highest BCUT2D eigenvalue weighted by atomic mass is 32.1. The molecule has 0 aliphatic rings. The third-order valence-corrected chi connectivity index (χ3v) is 3.50. The van der Waals surface area contributed by atoms with Gasteiger partial charge < -0.3 is 10.6 Å². The molecule has 2 rings (SSSR count). The summed E-state index contributed by atoms with van der Waals surface area (Å²) in [4.78, 5) is 23.6. The number of carbonyl (C=O) groups is 2. The summed E-state index contributed by atoms with van der Waals surface area (Å²) in [5.41, 5.74) is 0.983. The monoisotopic (exact) mass is 354 g/mol. The molecule has 2 aromatic carbocycles. The molecular weight excluding hydrogens is 341 g/mol. The van der Waals surface area contributed by atoms with Crippen LogP contribution < -0.4 is 10.6 Å². The number of alkyl halides is 3. The maximum atomic E-state index is 12.3. The van der Waals surface area contributed by atoms with Crippen molar-refractivity contribution in [3.63, 3.8) is 0 Å². The summed E-state index contributed by atoms with van der Waals surface area (Å²) in [5.74, 6) is -2.49. The minimum atomic E-state index is -4.96. The largest absolute Gasteiger partial charge is 0.471 e. The average molecular weight is 354 g/mol. The first-order valence-electron chi connectivity index (χ1n) is 6.81. The van der Waals surface area contributed by atoms with E-state index in [-0.39, 0.29) is 6.54 Å². The van der Waals surface area contributed by atoms with Crippen LogP contribution in [0.25, 0.3) is 0 Å². The normalized spacial score (nSPS) is 11.0. The summed E-state index contributed by atoms with van der Waals surface area (Å²) >= 11 is 4.19. The predicted molar refractivity (Wildman–Crippen MR) is 86.0 cm³/mol. The van der Waals surface area contributed by atoms with E-state index in [2.05, 4.69) is 17.9 Å². The highest BCUT2D eigenvalue weighted by Gasteiger charge is 2.38. The molecule has 0 saturated carbocycles. The van der Waals surface area contributed by atoms with Crippen molar-refractivity contribution in [3.05, 3.63) is 59.7 Å². The summed E-state index contributed by atoms with van der Waals surface area (Å²) in [6.07, 6.45) is -4.96. The van der Waals surface area contributed by atoms with Crippen molar-refractivity contribution in [2.75, 3.05) is 5.32 Å². The number of rotatable bonds is 4. The van der Waals surface area contributed by atoms with Gasteiger partial charge in [0.05, 0.1) is 5.56 Å². The number of nitrogens with one attached hydrogen (secondary N) is 2. The fraction of sp³-hybridized carbons (Fsp3) is 0.125. The number of thiol groups is 1. The number of halogens is 3. The van der Waals surface area contributed by atoms with Crippen LogP contribution in [0.4, 0.5) is 18.9 Å². The summed E-state index contributed by atoms with van der Waals surface area (Å²) in [7, 11) is 0. The second-order valence-corrected chi connectivity index (χ2v) is 5.29. The van der Waals surface area contributed by atoms with Crippen LogP contribution in [0.2, 0.25) is 0 Å². The van der Waals surface area contributed by atoms with Gasteiger partial charge in [0.25, 0.3) is 5.91 Å². The minimum absolute atomic E-state index is 0.307. The van der Waals surface area contributed by atoms with Crippen molar-refractivity contribution in [1.82, 2.24) is 5.32 Å².